The molecule has 0 aliphatic rings. The summed E-state index contributed by atoms with van der Waals surface area (Å²) in [5, 5.41) is 0. The van der Waals surface area contributed by atoms with Crippen LogP contribution in [0.5, 0.6) is 34.5 Å². The average Bonchev–Trinajstić information content (AvgIpc) is 2.87. The van der Waals surface area contributed by atoms with Crippen LogP contribution in [0.3, 0.4) is 0 Å². The van der Waals surface area contributed by atoms with E-state index in [0.29, 0.717) is 22.8 Å². The Hall–Kier alpha value is -3.70. The molecule has 0 radical (unpaired) electrons. The standard InChI is InChI=1S/C25H27O11PS/c1-16-6-11-19(12-7-16)38(29,30)36-23-18(10-13-20(31-2)25(23)35-37(26,27)28)9-8-17-14-21(32-3)24(34-5)22(15-17)33-4/h6-15H,1-5H3,(H2,26,27,28)/b9-8-. The Bertz CT molecular complexity index is 1450. The van der Waals surface area contributed by atoms with Crippen molar-refractivity contribution in [1.29, 1.82) is 0 Å². The van der Waals surface area contributed by atoms with Gasteiger partial charge in [0.2, 0.25) is 11.5 Å². The summed E-state index contributed by atoms with van der Waals surface area (Å²) in [5.41, 5.74) is 1.50. The van der Waals surface area contributed by atoms with Crippen LogP contribution in [0.15, 0.2) is 53.4 Å². The molecule has 204 valence electrons. The molecule has 38 heavy (non-hydrogen) atoms. The van der Waals surface area contributed by atoms with E-state index in [9.17, 15) is 22.8 Å². The molecule has 0 bridgehead atoms. The first-order valence-electron chi connectivity index (χ1n) is 10.9. The van der Waals surface area contributed by atoms with Gasteiger partial charge in [0, 0.05) is 5.56 Å². The molecule has 3 rings (SSSR count). The summed E-state index contributed by atoms with van der Waals surface area (Å²) in [5.74, 6) is -0.106. The highest BCUT2D eigenvalue weighted by Gasteiger charge is 2.29. The quantitative estimate of drug-likeness (QED) is 0.193. The summed E-state index contributed by atoms with van der Waals surface area (Å²) in [7, 11) is -3.99. The Morgan fingerprint density at radius 2 is 1.32 bits per heavy atom. The molecule has 0 saturated heterocycles. The molecule has 3 aromatic rings. The molecule has 0 fully saturated rings. The third kappa shape index (κ3) is 6.78. The zero-order valence-corrected chi connectivity index (χ0v) is 22.9. The minimum atomic E-state index is -5.15. The van der Waals surface area contributed by atoms with Crippen LogP contribution in [0, 0.1) is 6.92 Å². The van der Waals surface area contributed by atoms with Crippen molar-refractivity contribution in [3.63, 3.8) is 0 Å². The molecule has 13 heteroatoms. The lowest BCUT2D eigenvalue weighted by atomic mass is 10.1. The number of phosphoric acid groups is 1. The maximum Gasteiger partial charge on any atom is 0.525 e. The number of methoxy groups -OCH3 is 4. The predicted octanol–water partition coefficient (Wildman–Crippen LogP) is 4.44. The summed E-state index contributed by atoms with van der Waals surface area (Å²) in [4.78, 5) is 18.8. The van der Waals surface area contributed by atoms with E-state index >= 15 is 0 Å². The van der Waals surface area contributed by atoms with E-state index < -0.39 is 29.4 Å². The van der Waals surface area contributed by atoms with Crippen LogP contribution in [-0.2, 0) is 14.7 Å². The molecule has 0 saturated carbocycles. The molecule has 0 unspecified atom stereocenters. The maximum absolute atomic E-state index is 13.1. The van der Waals surface area contributed by atoms with E-state index in [1.165, 1.54) is 58.8 Å². The lowest BCUT2D eigenvalue weighted by molar-refractivity contribution is 0.273. The first-order valence-corrected chi connectivity index (χ1v) is 13.8. The van der Waals surface area contributed by atoms with Crippen molar-refractivity contribution in [2.45, 2.75) is 11.8 Å². The molecule has 2 N–H and O–H groups in total. The van der Waals surface area contributed by atoms with Crippen LogP contribution in [0.2, 0.25) is 0 Å². The lowest BCUT2D eigenvalue weighted by Gasteiger charge is -2.18. The van der Waals surface area contributed by atoms with Crippen LogP contribution >= 0.6 is 7.82 Å². The fourth-order valence-corrected chi connectivity index (χ4v) is 4.76. The Labute approximate surface area is 220 Å². The zero-order chi connectivity index (χ0) is 28.1. The average molecular weight is 567 g/mol. The van der Waals surface area contributed by atoms with Crippen LogP contribution in [0.4, 0.5) is 0 Å². The number of phosphoric ester groups is 1. The third-order valence-electron chi connectivity index (χ3n) is 5.18. The first-order chi connectivity index (χ1) is 17.9. The normalized spacial score (nSPS) is 11.8. The van der Waals surface area contributed by atoms with Gasteiger partial charge >= 0.3 is 17.9 Å². The Morgan fingerprint density at radius 3 is 1.82 bits per heavy atom. The van der Waals surface area contributed by atoms with E-state index in [0.717, 1.165) is 5.56 Å². The van der Waals surface area contributed by atoms with Crippen molar-refractivity contribution in [3.05, 3.63) is 65.2 Å². The van der Waals surface area contributed by atoms with Gasteiger partial charge in [-0.2, -0.15) is 8.42 Å². The van der Waals surface area contributed by atoms with Crippen LogP contribution < -0.4 is 27.7 Å². The Balaban J connectivity index is 2.18. The van der Waals surface area contributed by atoms with Gasteiger partial charge in [0.1, 0.15) is 4.90 Å². The van der Waals surface area contributed by atoms with Crippen molar-refractivity contribution in [2.24, 2.45) is 0 Å². The topological polar surface area (TPSA) is 147 Å². The fraction of sp³-hybridized carbons (Fsp3) is 0.200. The number of hydrogen-bond donors (Lipinski definition) is 2. The summed E-state index contributed by atoms with van der Waals surface area (Å²) in [6.07, 6.45) is 3.05. The van der Waals surface area contributed by atoms with Gasteiger partial charge in [-0.05, 0) is 48.9 Å². The second kappa shape index (κ2) is 11.8. The molecule has 0 heterocycles. The number of benzene rings is 3. The Kier molecular flexibility index (Phi) is 8.95. The van der Waals surface area contributed by atoms with E-state index in [-0.39, 0.29) is 16.2 Å². The van der Waals surface area contributed by atoms with Gasteiger partial charge in [0.15, 0.2) is 23.0 Å². The minimum Gasteiger partial charge on any atom is -0.493 e. The fourth-order valence-electron chi connectivity index (χ4n) is 3.39. The van der Waals surface area contributed by atoms with E-state index in [1.54, 1.807) is 37.3 Å². The smallest absolute Gasteiger partial charge is 0.493 e. The largest absolute Gasteiger partial charge is 0.525 e. The van der Waals surface area contributed by atoms with Gasteiger partial charge in [0.05, 0.1) is 28.4 Å². The van der Waals surface area contributed by atoms with Crippen molar-refractivity contribution >= 4 is 30.1 Å². The van der Waals surface area contributed by atoms with Crippen LogP contribution in [0.1, 0.15) is 16.7 Å². The number of hydrogen-bond acceptors (Lipinski definition) is 9. The zero-order valence-electron chi connectivity index (χ0n) is 21.2. The third-order valence-corrected chi connectivity index (χ3v) is 6.84. The van der Waals surface area contributed by atoms with Gasteiger partial charge in [-0.15, -0.1) is 0 Å². The van der Waals surface area contributed by atoms with Crippen molar-refractivity contribution in [2.75, 3.05) is 28.4 Å². The molecule has 3 aromatic carbocycles. The minimum absolute atomic E-state index is 0.110. The van der Waals surface area contributed by atoms with Crippen LogP contribution in [0.25, 0.3) is 12.2 Å². The second-order valence-corrected chi connectivity index (χ2v) is 10.4. The summed E-state index contributed by atoms with van der Waals surface area (Å²) in [6, 6.07) is 12.0. The lowest BCUT2D eigenvalue weighted by Crippen LogP contribution is -2.12. The summed E-state index contributed by atoms with van der Waals surface area (Å²) in [6.45, 7) is 1.79. The van der Waals surface area contributed by atoms with Crippen molar-refractivity contribution < 1.29 is 50.4 Å². The molecular weight excluding hydrogens is 539 g/mol. The van der Waals surface area contributed by atoms with Gasteiger partial charge < -0.3 is 27.7 Å². The van der Waals surface area contributed by atoms with Gasteiger partial charge in [0.25, 0.3) is 0 Å². The summed E-state index contributed by atoms with van der Waals surface area (Å²) < 4.78 is 69.4. The molecule has 0 atom stereocenters. The highest BCUT2D eigenvalue weighted by atomic mass is 32.2. The first kappa shape index (κ1) is 28.9. The van der Waals surface area contributed by atoms with Crippen molar-refractivity contribution in [3.8, 4) is 34.5 Å². The number of aryl methyl sites for hydroxylation is 1. The monoisotopic (exact) mass is 566 g/mol. The number of rotatable bonds is 11. The Morgan fingerprint density at radius 1 is 0.737 bits per heavy atom. The molecule has 0 aromatic heterocycles. The van der Waals surface area contributed by atoms with Crippen LogP contribution in [-0.4, -0.2) is 46.6 Å². The molecule has 0 aliphatic heterocycles. The van der Waals surface area contributed by atoms with E-state index in [1.807, 2.05) is 0 Å². The van der Waals surface area contributed by atoms with Gasteiger partial charge in [-0.25, -0.2) is 4.57 Å². The van der Waals surface area contributed by atoms with Gasteiger partial charge in [-0.1, -0.05) is 29.8 Å². The highest BCUT2D eigenvalue weighted by Crippen LogP contribution is 2.50. The van der Waals surface area contributed by atoms with E-state index in [4.69, 9.17) is 27.7 Å². The second-order valence-electron chi connectivity index (χ2n) is 7.74. The number of ether oxygens (including phenoxy) is 4. The van der Waals surface area contributed by atoms with Gasteiger partial charge in [-0.3, -0.25) is 9.79 Å². The highest BCUT2D eigenvalue weighted by molar-refractivity contribution is 7.87. The molecular formula is C25H27O11PS. The molecule has 0 amide bonds. The molecule has 0 aliphatic carbocycles. The SMILES string of the molecule is COc1cc(/C=C\c2ccc(OC)c(OP(=O)(O)O)c2OS(=O)(=O)c2ccc(C)cc2)cc(OC)c1OC. The predicted molar refractivity (Wildman–Crippen MR) is 140 cm³/mol. The molecule has 0 spiro atoms. The van der Waals surface area contributed by atoms with Crippen molar-refractivity contribution in [1.82, 2.24) is 0 Å². The van der Waals surface area contributed by atoms with E-state index in [2.05, 4.69) is 0 Å². The molecule has 11 nitrogen and oxygen atoms in total. The summed E-state index contributed by atoms with van der Waals surface area (Å²) >= 11 is 0. The maximum atomic E-state index is 13.1.